The highest BCUT2D eigenvalue weighted by molar-refractivity contribution is 6.05. The van der Waals surface area contributed by atoms with E-state index in [4.69, 9.17) is 14.2 Å². The second kappa shape index (κ2) is 7.04. The van der Waals surface area contributed by atoms with Gasteiger partial charge in [-0.2, -0.15) is 0 Å². The molecule has 4 bridgehead atoms. The van der Waals surface area contributed by atoms with Crippen molar-refractivity contribution in [3.63, 3.8) is 0 Å². The number of rotatable bonds is 5. The van der Waals surface area contributed by atoms with Crippen LogP contribution >= 0.6 is 0 Å². The summed E-state index contributed by atoms with van der Waals surface area (Å²) in [5, 5.41) is 2.67. The average Bonchev–Trinajstić information content (AvgIpc) is 3.12. The average molecular weight is 399 g/mol. The minimum atomic E-state index is -0.469. The third-order valence-corrected chi connectivity index (χ3v) is 7.01. The predicted molar refractivity (Wildman–Crippen MR) is 103 cm³/mol. The molecular weight excluding hydrogens is 374 g/mol. The van der Waals surface area contributed by atoms with Crippen LogP contribution < -0.4 is 14.8 Å². The van der Waals surface area contributed by atoms with Crippen LogP contribution in [0.5, 0.6) is 11.5 Å². The summed E-state index contributed by atoms with van der Waals surface area (Å²) in [6.45, 7) is 1.14. The van der Waals surface area contributed by atoms with Gasteiger partial charge in [-0.1, -0.05) is 0 Å². The first kappa shape index (κ1) is 18.5. The quantitative estimate of drug-likeness (QED) is 0.604. The summed E-state index contributed by atoms with van der Waals surface area (Å²) in [6.07, 6.45) is 5.82. The van der Waals surface area contributed by atoms with Crippen LogP contribution in [0.25, 0.3) is 0 Å². The van der Waals surface area contributed by atoms with E-state index in [2.05, 4.69) is 5.32 Å². The lowest BCUT2D eigenvalue weighted by molar-refractivity contribution is -0.164. The summed E-state index contributed by atoms with van der Waals surface area (Å²) in [6, 6.07) is 3.12. The van der Waals surface area contributed by atoms with E-state index in [1.165, 1.54) is 13.3 Å². The number of esters is 1. The molecule has 154 valence electrons. The van der Waals surface area contributed by atoms with Crippen molar-refractivity contribution in [2.75, 3.05) is 18.7 Å². The van der Waals surface area contributed by atoms with Gasteiger partial charge in [0.15, 0.2) is 23.9 Å². The van der Waals surface area contributed by atoms with Crippen molar-refractivity contribution < 1.29 is 28.6 Å². The van der Waals surface area contributed by atoms with Gasteiger partial charge < -0.3 is 19.5 Å². The highest BCUT2D eigenvalue weighted by Gasteiger charge is 2.51. The molecule has 1 amide bonds. The third-order valence-electron chi connectivity index (χ3n) is 7.01. The Morgan fingerprint density at radius 1 is 1.00 bits per heavy atom. The maximum Gasteiger partial charge on any atom is 0.310 e. The number of carbonyl (C=O) groups is 3. The van der Waals surface area contributed by atoms with Crippen molar-refractivity contribution in [2.45, 2.75) is 39.0 Å². The van der Waals surface area contributed by atoms with E-state index < -0.39 is 5.91 Å². The number of nitrogens with one attached hydrogen (secondary N) is 1. The van der Waals surface area contributed by atoms with Crippen LogP contribution in [0.3, 0.4) is 0 Å². The molecular formula is C22H25NO6. The first-order valence-corrected chi connectivity index (χ1v) is 10.4. The maximum atomic E-state index is 12.7. The van der Waals surface area contributed by atoms with Gasteiger partial charge in [0.25, 0.3) is 5.91 Å². The van der Waals surface area contributed by atoms with Gasteiger partial charge in [-0.3, -0.25) is 14.4 Å². The molecule has 6 rings (SSSR count). The molecule has 0 spiro atoms. The lowest BCUT2D eigenvalue weighted by Crippen LogP contribution is -2.48. The van der Waals surface area contributed by atoms with E-state index in [1.54, 1.807) is 12.1 Å². The van der Waals surface area contributed by atoms with E-state index in [-0.39, 0.29) is 31.1 Å². The molecule has 1 aromatic rings. The van der Waals surface area contributed by atoms with Crippen LogP contribution in [0.15, 0.2) is 12.1 Å². The van der Waals surface area contributed by atoms with Crippen LogP contribution in [-0.2, 0) is 14.3 Å². The van der Waals surface area contributed by atoms with Gasteiger partial charge in [0.05, 0.1) is 11.6 Å². The smallest absolute Gasteiger partial charge is 0.310 e. The van der Waals surface area contributed by atoms with Gasteiger partial charge in [-0.15, -0.1) is 0 Å². The highest BCUT2D eigenvalue weighted by Crippen LogP contribution is 2.56. The van der Waals surface area contributed by atoms with Crippen molar-refractivity contribution in [3.05, 3.63) is 17.7 Å². The first-order chi connectivity index (χ1) is 14.0. The lowest BCUT2D eigenvalue weighted by atomic mass is 9.52. The summed E-state index contributed by atoms with van der Waals surface area (Å²) in [5.41, 5.74) is 0.660. The Hall–Kier alpha value is -2.57. The molecule has 1 heterocycles. The van der Waals surface area contributed by atoms with Gasteiger partial charge in [0.2, 0.25) is 6.79 Å². The highest BCUT2D eigenvalue weighted by atomic mass is 16.7. The molecule has 7 heteroatoms. The zero-order chi connectivity index (χ0) is 20.1. The van der Waals surface area contributed by atoms with Crippen LogP contribution in [-0.4, -0.2) is 31.1 Å². The molecule has 1 N–H and O–H groups in total. The summed E-state index contributed by atoms with van der Waals surface area (Å²) >= 11 is 0. The van der Waals surface area contributed by atoms with Gasteiger partial charge in [0, 0.05) is 11.6 Å². The van der Waals surface area contributed by atoms with Crippen LogP contribution in [0, 0.1) is 29.6 Å². The summed E-state index contributed by atoms with van der Waals surface area (Å²) in [4.78, 5) is 37.1. The Bertz CT molecular complexity index is 850. The molecule has 1 aliphatic heterocycles. The Morgan fingerprint density at radius 3 is 2.24 bits per heavy atom. The number of amides is 1. The monoisotopic (exact) mass is 399 g/mol. The van der Waals surface area contributed by atoms with E-state index in [0.717, 1.165) is 37.5 Å². The molecule has 0 aromatic heterocycles. The van der Waals surface area contributed by atoms with E-state index in [1.807, 2.05) is 0 Å². The molecule has 0 saturated heterocycles. The molecule has 5 aliphatic rings. The first-order valence-electron chi connectivity index (χ1n) is 10.4. The third kappa shape index (κ3) is 3.36. The molecule has 1 aromatic carbocycles. The van der Waals surface area contributed by atoms with Crippen LogP contribution in [0.4, 0.5) is 5.69 Å². The second-order valence-corrected chi connectivity index (χ2v) is 8.92. The number of Topliss-reactive ketones (excluding diaryl/α,β-unsaturated/α-hetero) is 1. The Balaban J connectivity index is 1.22. The maximum absolute atomic E-state index is 12.7. The van der Waals surface area contributed by atoms with E-state index in [0.29, 0.717) is 34.6 Å². The fourth-order valence-corrected chi connectivity index (χ4v) is 6.07. The Labute approximate surface area is 169 Å². The van der Waals surface area contributed by atoms with Crippen molar-refractivity contribution in [2.24, 2.45) is 29.6 Å². The van der Waals surface area contributed by atoms with Crippen molar-refractivity contribution >= 4 is 23.3 Å². The van der Waals surface area contributed by atoms with Gasteiger partial charge >= 0.3 is 5.97 Å². The zero-order valence-corrected chi connectivity index (χ0v) is 16.4. The number of ketones is 1. The van der Waals surface area contributed by atoms with E-state index in [9.17, 15) is 14.4 Å². The normalized spacial score (nSPS) is 30.9. The summed E-state index contributed by atoms with van der Waals surface area (Å²) in [7, 11) is 0. The number of ether oxygens (including phenoxy) is 3. The van der Waals surface area contributed by atoms with Crippen LogP contribution in [0.2, 0.25) is 0 Å². The lowest BCUT2D eigenvalue weighted by Gasteiger charge is -2.53. The summed E-state index contributed by atoms with van der Waals surface area (Å²) in [5.74, 6) is 2.35. The minimum absolute atomic E-state index is 0.0612. The molecule has 0 radical (unpaired) electrons. The number of hydrogen-bond donors (Lipinski definition) is 1. The molecule has 29 heavy (non-hydrogen) atoms. The standard InChI is InChI=1S/C22H25NO6/c1-11(24)16-7-18-19(29-10-28-18)8-17(16)23-20(25)9-27-22(26)21-14-3-12-2-13(5-14)6-15(21)4-12/h7-8,12-15,21H,2-6,9-10H2,1H3,(H,23,25). The number of benzene rings is 1. The number of fused-ring (bicyclic) bond motifs is 1. The Morgan fingerprint density at radius 2 is 1.62 bits per heavy atom. The molecule has 0 atom stereocenters. The van der Waals surface area contributed by atoms with Crippen LogP contribution in [0.1, 0.15) is 49.4 Å². The topological polar surface area (TPSA) is 90.9 Å². The molecule has 4 aliphatic carbocycles. The fourth-order valence-electron chi connectivity index (χ4n) is 6.07. The molecule has 4 fully saturated rings. The second-order valence-electron chi connectivity index (χ2n) is 8.92. The van der Waals surface area contributed by atoms with Gasteiger partial charge in [-0.05, 0) is 68.8 Å². The largest absolute Gasteiger partial charge is 0.455 e. The van der Waals surface area contributed by atoms with Gasteiger partial charge in [-0.25, -0.2) is 0 Å². The summed E-state index contributed by atoms with van der Waals surface area (Å²) < 4.78 is 16.0. The fraction of sp³-hybridized carbons (Fsp3) is 0.591. The SMILES string of the molecule is CC(=O)c1cc2c(cc1NC(=O)COC(=O)C1C3CC4CC(C3)CC1C4)OCO2. The number of hydrogen-bond acceptors (Lipinski definition) is 6. The predicted octanol–water partition coefficient (Wildman–Crippen LogP) is 3.17. The Kier molecular flexibility index (Phi) is 4.48. The van der Waals surface area contributed by atoms with E-state index >= 15 is 0 Å². The molecule has 7 nitrogen and oxygen atoms in total. The van der Waals surface area contributed by atoms with Crippen molar-refractivity contribution in [1.82, 2.24) is 0 Å². The molecule has 0 unspecified atom stereocenters. The molecule has 4 saturated carbocycles. The number of anilines is 1. The zero-order valence-electron chi connectivity index (χ0n) is 16.4. The number of carbonyl (C=O) groups excluding carboxylic acids is 3. The van der Waals surface area contributed by atoms with Gasteiger partial charge in [0.1, 0.15) is 0 Å². The minimum Gasteiger partial charge on any atom is -0.455 e. The van der Waals surface area contributed by atoms with Crippen molar-refractivity contribution in [3.8, 4) is 11.5 Å². The van der Waals surface area contributed by atoms with Crippen molar-refractivity contribution in [1.29, 1.82) is 0 Å².